The summed E-state index contributed by atoms with van der Waals surface area (Å²) in [7, 11) is 1.73. The van der Waals surface area contributed by atoms with E-state index in [0.29, 0.717) is 0 Å². The normalized spacial score (nSPS) is 11.0. The van der Waals surface area contributed by atoms with Gasteiger partial charge in [-0.2, -0.15) is 0 Å². The predicted molar refractivity (Wildman–Crippen MR) is 65.0 cm³/mol. The van der Waals surface area contributed by atoms with Crippen LogP contribution in [0.25, 0.3) is 0 Å². The highest BCUT2D eigenvalue weighted by Crippen LogP contribution is 2.21. The van der Waals surface area contributed by atoms with Gasteiger partial charge in [-0.1, -0.05) is 0 Å². The summed E-state index contributed by atoms with van der Waals surface area (Å²) < 4.78 is 5.59. The Kier molecular flexibility index (Phi) is 4.16. The van der Waals surface area contributed by atoms with Crippen molar-refractivity contribution in [3.05, 3.63) is 23.8 Å². The van der Waals surface area contributed by atoms with E-state index in [-0.39, 0.29) is 6.10 Å². The van der Waals surface area contributed by atoms with Gasteiger partial charge < -0.3 is 10.1 Å². The van der Waals surface area contributed by atoms with Crippen molar-refractivity contribution in [2.75, 3.05) is 12.4 Å². The Morgan fingerprint density at radius 3 is 2.67 bits per heavy atom. The summed E-state index contributed by atoms with van der Waals surface area (Å²) in [5, 5.41) is 3.10. The van der Waals surface area contributed by atoms with Gasteiger partial charge in [-0.15, -0.1) is 0 Å². The number of hydrogen-bond donors (Lipinski definition) is 1. The van der Waals surface area contributed by atoms with Gasteiger partial charge >= 0.3 is 0 Å². The molecule has 1 aromatic carbocycles. The first-order valence-corrected chi connectivity index (χ1v) is 5.08. The second-order valence-corrected chi connectivity index (χ2v) is 3.67. The van der Waals surface area contributed by atoms with Gasteiger partial charge in [0.05, 0.1) is 12.4 Å². The lowest BCUT2D eigenvalue weighted by atomic mass is 10.2. The predicted octanol–water partition coefficient (Wildman–Crippen LogP) is 2.85. The Balaban J connectivity index is 2.78. The van der Waals surface area contributed by atoms with E-state index < -0.39 is 0 Å². The monoisotopic (exact) mass is 206 g/mol. The summed E-state index contributed by atoms with van der Waals surface area (Å²) in [5.74, 6) is 0.904. The fourth-order valence-electron chi connectivity index (χ4n) is 1.28. The molecule has 0 amide bonds. The van der Waals surface area contributed by atoms with Crippen molar-refractivity contribution in [2.24, 2.45) is 4.99 Å². The summed E-state index contributed by atoms with van der Waals surface area (Å²) >= 11 is 0. The van der Waals surface area contributed by atoms with Crippen LogP contribution in [0.5, 0.6) is 5.75 Å². The zero-order valence-corrected chi connectivity index (χ0v) is 9.74. The minimum absolute atomic E-state index is 0.209. The SMILES string of the molecule is CN=CNc1ccc(OC(C)C)cc1C. The molecule has 0 saturated heterocycles. The maximum absolute atomic E-state index is 5.59. The number of aryl methyl sites for hydroxylation is 1. The first kappa shape index (κ1) is 11.6. The molecular formula is C12H18N2O. The van der Waals surface area contributed by atoms with E-state index in [0.717, 1.165) is 17.0 Å². The summed E-state index contributed by atoms with van der Waals surface area (Å²) in [4.78, 5) is 3.88. The van der Waals surface area contributed by atoms with Crippen LogP contribution in [0.15, 0.2) is 23.2 Å². The van der Waals surface area contributed by atoms with E-state index in [4.69, 9.17) is 4.74 Å². The molecule has 1 rings (SSSR count). The van der Waals surface area contributed by atoms with E-state index in [2.05, 4.69) is 10.3 Å². The van der Waals surface area contributed by atoms with Crippen LogP contribution in [0.3, 0.4) is 0 Å². The van der Waals surface area contributed by atoms with Crippen molar-refractivity contribution >= 4 is 12.0 Å². The zero-order chi connectivity index (χ0) is 11.3. The molecule has 0 aromatic heterocycles. The minimum Gasteiger partial charge on any atom is -0.491 e. The van der Waals surface area contributed by atoms with Crippen LogP contribution in [0.4, 0.5) is 5.69 Å². The maximum atomic E-state index is 5.59. The molecule has 0 heterocycles. The highest BCUT2D eigenvalue weighted by atomic mass is 16.5. The lowest BCUT2D eigenvalue weighted by Crippen LogP contribution is -2.06. The second kappa shape index (κ2) is 5.39. The lowest BCUT2D eigenvalue weighted by Gasteiger charge is -2.12. The summed E-state index contributed by atoms with van der Waals surface area (Å²) in [5.41, 5.74) is 2.20. The Hall–Kier alpha value is -1.51. The first-order valence-electron chi connectivity index (χ1n) is 5.08. The van der Waals surface area contributed by atoms with Crippen LogP contribution >= 0.6 is 0 Å². The summed E-state index contributed by atoms with van der Waals surface area (Å²) in [6.45, 7) is 6.08. The number of hydrogen-bond acceptors (Lipinski definition) is 2. The van der Waals surface area contributed by atoms with Gasteiger partial charge in [-0.3, -0.25) is 4.99 Å². The number of ether oxygens (including phenoxy) is 1. The minimum atomic E-state index is 0.209. The molecule has 0 unspecified atom stereocenters. The molecule has 82 valence electrons. The lowest BCUT2D eigenvalue weighted by molar-refractivity contribution is 0.242. The molecule has 0 aliphatic carbocycles. The highest BCUT2D eigenvalue weighted by molar-refractivity contribution is 5.77. The van der Waals surface area contributed by atoms with Gasteiger partial charge in [-0.25, -0.2) is 0 Å². The topological polar surface area (TPSA) is 33.6 Å². The second-order valence-electron chi connectivity index (χ2n) is 3.67. The van der Waals surface area contributed by atoms with Crippen LogP contribution in [-0.2, 0) is 0 Å². The molecule has 1 aromatic rings. The number of anilines is 1. The van der Waals surface area contributed by atoms with Gasteiger partial charge in [0.1, 0.15) is 5.75 Å². The molecule has 0 atom stereocenters. The number of rotatable bonds is 4. The van der Waals surface area contributed by atoms with Gasteiger partial charge in [0, 0.05) is 12.7 Å². The van der Waals surface area contributed by atoms with Crippen LogP contribution in [0, 0.1) is 6.92 Å². The smallest absolute Gasteiger partial charge is 0.120 e. The fourth-order valence-corrected chi connectivity index (χ4v) is 1.28. The number of nitrogens with zero attached hydrogens (tertiary/aromatic N) is 1. The maximum Gasteiger partial charge on any atom is 0.120 e. The van der Waals surface area contributed by atoms with Gasteiger partial charge in [0.25, 0.3) is 0 Å². The molecule has 0 spiro atoms. The van der Waals surface area contributed by atoms with Crippen molar-refractivity contribution in [3.63, 3.8) is 0 Å². The Bertz CT molecular complexity index is 345. The van der Waals surface area contributed by atoms with Crippen LogP contribution in [0.1, 0.15) is 19.4 Å². The van der Waals surface area contributed by atoms with Gasteiger partial charge in [-0.05, 0) is 44.5 Å². The Morgan fingerprint density at radius 1 is 1.40 bits per heavy atom. The number of aliphatic imine (C=N–C) groups is 1. The van der Waals surface area contributed by atoms with Crippen molar-refractivity contribution in [3.8, 4) is 5.75 Å². The Labute approximate surface area is 91.2 Å². The average molecular weight is 206 g/mol. The van der Waals surface area contributed by atoms with E-state index in [1.807, 2.05) is 39.0 Å². The van der Waals surface area contributed by atoms with Crippen molar-refractivity contribution in [1.82, 2.24) is 0 Å². The van der Waals surface area contributed by atoms with Crippen LogP contribution < -0.4 is 10.1 Å². The molecule has 15 heavy (non-hydrogen) atoms. The molecule has 0 fully saturated rings. The molecule has 0 radical (unpaired) electrons. The molecule has 0 saturated carbocycles. The largest absolute Gasteiger partial charge is 0.491 e. The third kappa shape index (κ3) is 3.62. The van der Waals surface area contributed by atoms with Crippen LogP contribution in [0.2, 0.25) is 0 Å². The van der Waals surface area contributed by atoms with E-state index in [9.17, 15) is 0 Å². The van der Waals surface area contributed by atoms with Crippen molar-refractivity contribution < 1.29 is 4.74 Å². The van der Waals surface area contributed by atoms with Gasteiger partial charge in [0.2, 0.25) is 0 Å². The Morgan fingerprint density at radius 2 is 2.13 bits per heavy atom. The van der Waals surface area contributed by atoms with Crippen molar-refractivity contribution in [2.45, 2.75) is 26.9 Å². The molecule has 1 N–H and O–H groups in total. The molecule has 0 bridgehead atoms. The molecule has 0 aliphatic heterocycles. The summed E-state index contributed by atoms with van der Waals surface area (Å²) in [6.07, 6.45) is 1.88. The standard InChI is InChI=1S/C12H18N2O/c1-9(2)15-11-5-6-12(10(3)7-11)14-8-13-4/h5-9H,1-4H3,(H,13,14). The molecule has 0 aliphatic rings. The fraction of sp³-hybridized carbons (Fsp3) is 0.417. The average Bonchev–Trinajstić information content (AvgIpc) is 2.15. The number of benzene rings is 1. The van der Waals surface area contributed by atoms with E-state index >= 15 is 0 Å². The van der Waals surface area contributed by atoms with E-state index in [1.165, 1.54) is 0 Å². The summed E-state index contributed by atoms with van der Waals surface area (Å²) in [6, 6.07) is 5.97. The highest BCUT2D eigenvalue weighted by Gasteiger charge is 2.01. The molecule has 3 nitrogen and oxygen atoms in total. The third-order valence-electron chi connectivity index (χ3n) is 1.92. The number of nitrogens with one attached hydrogen (secondary N) is 1. The van der Waals surface area contributed by atoms with E-state index in [1.54, 1.807) is 13.4 Å². The van der Waals surface area contributed by atoms with Gasteiger partial charge in [0.15, 0.2) is 0 Å². The van der Waals surface area contributed by atoms with Crippen LogP contribution in [-0.4, -0.2) is 19.5 Å². The first-order chi connectivity index (χ1) is 7.13. The zero-order valence-electron chi connectivity index (χ0n) is 9.74. The third-order valence-corrected chi connectivity index (χ3v) is 1.92. The van der Waals surface area contributed by atoms with Crippen molar-refractivity contribution in [1.29, 1.82) is 0 Å². The molecular weight excluding hydrogens is 188 g/mol. The molecule has 3 heteroatoms. The quantitative estimate of drug-likeness (QED) is 0.607.